The SMILES string of the molecule is Cc1nc(S[C@H](C)c2ccc(F)c(F)c2)sc1CC(N)=O. The van der Waals surface area contributed by atoms with Gasteiger partial charge in [0.2, 0.25) is 5.91 Å². The summed E-state index contributed by atoms with van der Waals surface area (Å²) in [4.78, 5) is 16.2. The molecule has 0 fully saturated rings. The van der Waals surface area contributed by atoms with Crippen LogP contribution in [0.2, 0.25) is 0 Å². The Morgan fingerprint density at radius 1 is 1.43 bits per heavy atom. The molecule has 0 unspecified atom stereocenters. The van der Waals surface area contributed by atoms with Crippen LogP contribution in [0.3, 0.4) is 0 Å². The second kappa shape index (κ2) is 6.53. The molecule has 2 N–H and O–H groups in total. The van der Waals surface area contributed by atoms with Crippen LogP contribution in [0.1, 0.15) is 28.3 Å². The summed E-state index contributed by atoms with van der Waals surface area (Å²) in [6.45, 7) is 3.71. The zero-order valence-electron chi connectivity index (χ0n) is 11.5. The number of benzene rings is 1. The highest BCUT2D eigenvalue weighted by atomic mass is 32.2. The van der Waals surface area contributed by atoms with Crippen molar-refractivity contribution in [1.82, 2.24) is 4.98 Å². The number of nitrogens with zero attached hydrogens (tertiary/aromatic N) is 1. The fourth-order valence-electron chi connectivity index (χ4n) is 1.76. The molecule has 1 amide bonds. The Hall–Kier alpha value is -1.47. The molecule has 0 saturated heterocycles. The van der Waals surface area contributed by atoms with Crippen LogP contribution in [0.25, 0.3) is 0 Å². The van der Waals surface area contributed by atoms with E-state index in [2.05, 4.69) is 4.98 Å². The molecular formula is C14H14F2N2OS2. The molecule has 3 nitrogen and oxygen atoms in total. The third-order valence-electron chi connectivity index (χ3n) is 2.90. The Kier molecular flexibility index (Phi) is 4.95. The maximum absolute atomic E-state index is 13.2. The van der Waals surface area contributed by atoms with Crippen LogP contribution in [0, 0.1) is 18.6 Å². The summed E-state index contributed by atoms with van der Waals surface area (Å²) in [7, 11) is 0. The van der Waals surface area contributed by atoms with Gasteiger partial charge in [-0.3, -0.25) is 4.79 Å². The molecule has 112 valence electrons. The van der Waals surface area contributed by atoms with Crippen molar-refractivity contribution in [2.75, 3.05) is 0 Å². The van der Waals surface area contributed by atoms with Gasteiger partial charge in [0.05, 0.1) is 12.1 Å². The smallest absolute Gasteiger partial charge is 0.222 e. The summed E-state index contributed by atoms with van der Waals surface area (Å²) in [5, 5.41) is -0.0768. The minimum absolute atomic E-state index is 0.0768. The van der Waals surface area contributed by atoms with Gasteiger partial charge in [0.1, 0.15) is 0 Å². The Morgan fingerprint density at radius 3 is 2.76 bits per heavy atom. The number of thiazole rings is 1. The van der Waals surface area contributed by atoms with E-state index in [1.807, 2.05) is 13.8 Å². The molecule has 2 aromatic rings. The molecular weight excluding hydrogens is 314 g/mol. The van der Waals surface area contributed by atoms with Gasteiger partial charge >= 0.3 is 0 Å². The molecule has 2 rings (SSSR count). The molecule has 0 spiro atoms. The van der Waals surface area contributed by atoms with Crippen LogP contribution in [-0.4, -0.2) is 10.9 Å². The van der Waals surface area contributed by atoms with Gasteiger partial charge in [0.25, 0.3) is 0 Å². The number of aryl methyl sites for hydroxylation is 1. The number of amides is 1. The van der Waals surface area contributed by atoms with Crippen LogP contribution in [0.5, 0.6) is 0 Å². The molecule has 21 heavy (non-hydrogen) atoms. The molecule has 0 aliphatic rings. The molecule has 1 aromatic heterocycles. The number of aromatic nitrogens is 1. The number of halogens is 2. The van der Waals surface area contributed by atoms with Crippen molar-refractivity contribution in [1.29, 1.82) is 0 Å². The fraction of sp³-hybridized carbons (Fsp3) is 0.286. The Bertz CT molecular complexity index is 673. The third-order valence-corrected chi connectivity index (χ3v) is 5.31. The molecule has 0 aliphatic heterocycles. The number of hydrogen-bond donors (Lipinski definition) is 1. The van der Waals surface area contributed by atoms with Gasteiger partial charge < -0.3 is 5.73 Å². The van der Waals surface area contributed by atoms with Gasteiger partial charge in [-0.05, 0) is 31.5 Å². The minimum atomic E-state index is -0.857. The quantitative estimate of drug-likeness (QED) is 0.853. The van der Waals surface area contributed by atoms with Crippen molar-refractivity contribution >= 4 is 29.0 Å². The number of rotatable bonds is 5. The lowest BCUT2D eigenvalue weighted by Gasteiger charge is -2.09. The van der Waals surface area contributed by atoms with E-state index in [1.165, 1.54) is 29.2 Å². The van der Waals surface area contributed by atoms with Crippen molar-refractivity contribution in [2.24, 2.45) is 5.73 Å². The fourth-order valence-corrected chi connectivity index (χ4v) is 4.26. The zero-order valence-corrected chi connectivity index (χ0v) is 13.2. The highest BCUT2D eigenvalue weighted by Crippen LogP contribution is 2.38. The standard InChI is InChI=1S/C14H14F2N2OS2/c1-7-12(6-13(17)19)21-14(18-7)20-8(2)9-3-4-10(15)11(16)5-9/h3-5,8H,6H2,1-2H3,(H2,17,19)/t8-/m1/s1. The first-order valence-electron chi connectivity index (χ1n) is 6.23. The first-order valence-corrected chi connectivity index (χ1v) is 7.92. The van der Waals surface area contributed by atoms with Crippen molar-refractivity contribution in [3.05, 3.63) is 46.0 Å². The summed E-state index contributed by atoms with van der Waals surface area (Å²) in [5.74, 6) is -2.11. The van der Waals surface area contributed by atoms with Crippen molar-refractivity contribution in [3.8, 4) is 0 Å². The highest BCUT2D eigenvalue weighted by molar-refractivity contribution is 8.01. The van der Waals surface area contributed by atoms with Gasteiger partial charge in [0.15, 0.2) is 16.0 Å². The van der Waals surface area contributed by atoms with Gasteiger partial charge in [-0.25, -0.2) is 13.8 Å². The van der Waals surface area contributed by atoms with Crippen LogP contribution < -0.4 is 5.73 Å². The zero-order chi connectivity index (χ0) is 15.6. The van der Waals surface area contributed by atoms with Crippen LogP contribution in [0.4, 0.5) is 8.78 Å². The predicted octanol–water partition coefficient (Wildman–Crippen LogP) is 3.61. The average molecular weight is 328 g/mol. The molecule has 1 atom stereocenters. The number of nitrogens with two attached hydrogens (primary N) is 1. The minimum Gasteiger partial charge on any atom is -0.369 e. The van der Waals surface area contributed by atoms with Crippen LogP contribution in [-0.2, 0) is 11.2 Å². The van der Waals surface area contributed by atoms with E-state index in [-0.39, 0.29) is 11.7 Å². The maximum atomic E-state index is 13.2. The predicted molar refractivity (Wildman–Crippen MR) is 80.4 cm³/mol. The Labute approximate surface area is 129 Å². The first kappa shape index (κ1) is 15.9. The summed E-state index contributed by atoms with van der Waals surface area (Å²) in [6.07, 6.45) is 0.170. The van der Waals surface area contributed by atoms with E-state index < -0.39 is 17.5 Å². The van der Waals surface area contributed by atoms with Crippen molar-refractivity contribution in [3.63, 3.8) is 0 Å². The number of thioether (sulfide) groups is 1. The second-order valence-electron chi connectivity index (χ2n) is 4.57. The summed E-state index contributed by atoms with van der Waals surface area (Å²) in [5.41, 5.74) is 6.64. The van der Waals surface area contributed by atoms with E-state index in [0.29, 0.717) is 5.56 Å². The normalized spacial score (nSPS) is 12.4. The van der Waals surface area contributed by atoms with E-state index in [4.69, 9.17) is 5.73 Å². The Balaban J connectivity index is 2.13. The number of hydrogen-bond acceptors (Lipinski definition) is 4. The molecule has 7 heteroatoms. The van der Waals surface area contributed by atoms with Gasteiger partial charge in [-0.15, -0.1) is 11.3 Å². The molecule has 0 saturated carbocycles. The van der Waals surface area contributed by atoms with E-state index >= 15 is 0 Å². The Morgan fingerprint density at radius 2 is 2.14 bits per heavy atom. The van der Waals surface area contributed by atoms with Crippen LogP contribution in [0.15, 0.2) is 22.5 Å². The average Bonchev–Trinajstić information content (AvgIpc) is 2.72. The van der Waals surface area contributed by atoms with Crippen molar-refractivity contribution < 1.29 is 13.6 Å². The highest BCUT2D eigenvalue weighted by Gasteiger charge is 2.15. The molecule has 1 aromatic carbocycles. The topological polar surface area (TPSA) is 56.0 Å². The lowest BCUT2D eigenvalue weighted by atomic mass is 10.1. The summed E-state index contributed by atoms with van der Waals surface area (Å²) < 4.78 is 27.0. The first-order chi connectivity index (χ1) is 9.86. The lowest BCUT2D eigenvalue weighted by molar-refractivity contribution is -0.117. The number of carbonyl (C=O) groups is 1. The number of carbonyl (C=O) groups excluding carboxylic acids is 1. The molecule has 0 bridgehead atoms. The van der Waals surface area contributed by atoms with E-state index in [0.717, 1.165) is 21.0 Å². The summed E-state index contributed by atoms with van der Waals surface area (Å²) in [6, 6.07) is 3.87. The van der Waals surface area contributed by atoms with Gasteiger partial charge in [-0.1, -0.05) is 17.8 Å². The molecule has 0 radical (unpaired) electrons. The second-order valence-corrected chi connectivity index (χ2v) is 7.24. The molecule has 0 aliphatic carbocycles. The third kappa shape index (κ3) is 4.01. The van der Waals surface area contributed by atoms with Gasteiger partial charge in [0, 0.05) is 10.1 Å². The van der Waals surface area contributed by atoms with Crippen LogP contribution >= 0.6 is 23.1 Å². The summed E-state index contributed by atoms with van der Waals surface area (Å²) >= 11 is 2.84. The monoisotopic (exact) mass is 328 g/mol. The van der Waals surface area contributed by atoms with Crippen molar-refractivity contribution in [2.45, 2.75) is 29.9 Å². The van der Waals surface area contributed by atoms with E-state index in [1.54, 1.807) is 6.07 Å². The van der Waals surface area contributed by atoms with Gasteiger partial charge in [-0.2, -0.15) is 0 Å². The lowest BCUT2D eigenvalue weighted by Crippen LogP contribution is -2.13. The maximum Gasteiger partial charge on any atom is 0.222 e. The number of primary amides is 1. The van der Waals surface area contributed by atoms with E-state index in [9.17, 15) is 13.6 Å². The largest absolute Gasteiger partial charge is 0.369 e. The molecule has 1 heterocycles.